The molecule has 0 aliphatic carbocycles. The summed E-state index contributed by atoms with van der Waals surface area (Å²) in [5, 5.41) is 227. The SMILES string of the molecule is [CH2+]C(=O)CCOCCOCCC(=O)C[C@H](CSCC1O[C@@H]2O[C@@H]3C(CO)O[C@@H](O[C@@H]4C(CO)O[C@@H](O[C@@H]5C(CSC[C@@H](NC)C(=O)NCCS)O[C@@H](O[C@@H]6C(CO)O[C@H](O[C@@H]7C(CO)O[C@H](O[C@@H]8C(CO)O[C@H](O[C@H]1[C@H](O)C2O)C(O)[C@H]8O)C(O)[C@H]7O)C(O)[C@H]6O)C(O)[C@H]5O)C(O)[C@H]4O)C(O)[C@H]3O)C(=O)NCCS. The summed E-state index contributed by atoms with van der Waals surface area (Å²) in [6.45, 7) is -1.66. The summed E-state index contributed by atoms with van der Waals surface area (Å²) in [5.41, 5.74) is 0. The van der Waals surface area contributed by atoms with E-state index in [9.17, 15) is 116 Å². The minimum atomic E-state index is -2.29. The maximum atomic E-state index is 13.6. The fourth-order valence-corrected chi connectivity index (χ4v) is 15.8. The van der Waals surface area contributed by atoms with Crippen LogP contribution in [0.1, 0.15) is 19.3 Å². The van der Waals surface area contributed by atoms with Gasteiger partial charge in [-0.2, -0.15) is 48.8 Å². The first-order valence-corrected chi connectivity index (χ1v) is 39.0. The largest absolute Gasteiger partial charge is 0.394 e. The first kappa shape index (κ1) is 92.6. The van der Waals surface area contributed by atoms with Gasteiger partial charge < -0.3 is 189 Å². The molecule has 630 valence electrons. The fraction of sp³-hybridized carbons (Fsp3) is 0.921. The Morgan fingerprint density at radius 2 is 0.642 bits per heavy atom. The normalized spacial score (nSPS) is 43.0. The molecule has 37 atom stereocenters. The highest BCUT2D eigenvalue weighted by molar-refractivity contribution is 7.99. The van der Waals surface area contributed by atoms with Crippen molar-refractivity contribution in [3.63, 3.8) is 0 Å². The molecule has 21 aliphatic rings. The molecule has 0 aromatic carbocycles. The third-order valence-electron chi connectivity index (χ3n) is 19.3. The van der Waals surface area contributed by atoms with Gasteiger partial charge in [0.05, 0.1) is 90.1 Å². The lowest BCUT2D eigenvalue weighted by Gasteiger charge is -2.50. The molecule has 0 radical (unpaired) electrons. The number of ether oxygens (including phenoxy) is 16. The van der Waals surface area contributed by atoms with Crippen molar-refractivity contribution < 1.29 is 192 Å². The van der Waals surface area contributed by atoms with Crippen molar-refractivity contribution in [1.82, 2.24) is 16.0 Å². The Morgan fingerprint density at radius 1 is 0.376 bits per heavy atom. The van der Waals surface area contributed by atoms with E-state index in [4.69, 9.17) is 75.8 Å². The Balaban J connectivity index is 1.09. The lowest BCUT2D eigenvalue weighted by molar-refractivity contribution is -0.395. The molecule has 21 aliphatic heterocycles. The zero-order valence-electron chi connectivity index (χ0n) is 59.1. The molecule has 21 heterocycles. The van der Waals surface area contributed by atoms with Crippen LogP contribution in [0.25, 0.3) is 0 Å². The summed E-state index contributed by atoms with van der Waals surface area (Å²) >= 11 is 10.2. The first-order valence-electron chi connectivity index (χ1n) is 35.5. The molecular formula is C63H106N3O39S4+. The highest BCUT2D eigenvalue weighted by atomic mass is 32.2. The molecule has 22 N–H and O–H groups in total. The number of rotatable bonds is 31. The summed E-state index contributed by atoms with van der Waals surface area (Å²) in [6.07, 6.45) is -72.2. The summed E-state index contributed by atoms with van der Waals surface area (Å²) < 4.78 is 94.5. The molecule has 0 saturated carbocycles. The Morgan fingerprint density at radius 3 is 0.917 bits per heavy atom. The van der Waals surface area contributed by atoms with E-state index in [0.29, 0.717) is 5.75 Å². The summed E-state index contributed by atoms with van der Waals surface area (Å²) in [4.78, 5) is 51.2. The minimum Gasteiger partial charge on any atom is -0.394 e. The third kappa shape index (κ3) is 23.5. The molecule has 21 fully saturated rings. The van der Waals surface area contributed by atoms with Crippen LogP contribution in [0.5, 0.6) is 0 Å². The second kappa shape index (κ2) is 44.6. The number of nitrogens with one attached hydrogen (secondary N) is 3. The van der Waals surface area contributed by atoms with Crippen molar-refractivity contribution in [1.29, 1.82) is 0 Å². The van der Waals surface area contributed by atoms with Crippen molar-refractivity contribution >= 4 is 72.2 Å². The van der Waals surface area contributed by atoms with Gasteiger partial charge in [0.1, 0.15) is 171 Å². The maximum absolute atomic E-state index is 13.6. The summed E-state index contributed by atoms with van der Waals surface area (Å²) in [6, 6.07) is -0.861. The van der Waals surface area contributed by atoms with E-state index >= 15 is 0 Å². The van der Waals surface area contributed by atoms with Crippen molar-refractivity contribution in [2.45, 2.75) is 240 Å². The van der Waals surface area contributed by atoms with Gasteiger partial charge in [-0.1, -0.05) is 0 Å². The number of aliphatic hydroxyl groups is 19. The third-order valence-corrected chi connectivity index (χ3v) is 22.1. The van der Waals surface area contributed by atoms with Crippen molar-refractivity contribution in [3.8, 4) is 0 Å². The van der Waals surface area contributed by atoms with Crippen LogP contribution < -0.4 is 16.0 Å². The topological polar surface area (TPSA) is 636 Å². The van der Waals surface area contributed by atoms with Crippen LogP contribution in [0.3, 0.4) is 0 Å². The zero-order chi connectivity index (χ0) is 79.7. The van der Waals surface area contributed by atoms with Gasteiger partial charge in [-0.05, 0) is 7.05 Å². The molecule has 109 heavy (non-hydrogen) atoms. The highest BCUT2D eigenvalue weighted by Crippen LogP contribution is 2.40. The van der Waals surface area contributed by atoms with Gasteiger partial charge in [0.2, 0.25) is 11.8 Å². The monoisotopic (exact) mass is 1660 g/mol. The quantitative estimate of drug-likeness (QED) is 0.0174. The lowest BCUT2D eigenvalue weighted by Crippen LogP contribution is -2.68. The number of likely N-dealkylation sites (N-methyl/N-ethyl adjacent to an activating group) is 1. The number of hydrogen-bond donors (Lipinski definition) is 24. The first-order chi connectivity index (χ1) is 52.1. The van der Waals surface area contributed by atoms with Crippen LogP contribution in [0.15, 0.2) is 0 Å². The molecule has 0 aromatic heterocycles. The zero-order valence-corrected chi connectivity index (χ0v) is 62.5. The van der Waals surface area contributed by atoms with E-state index in [1.165, 1.54) is 7.05 Å². The lowest BCUT2D eigenvalue weighted by atomic mass is 9.95. The highest BCUT2D eigenvalue weighted by Gasteiger charge is 2.60. The number of Topliss-reactive ketones (excluding diaryl/α,β-unsaturated/α-hetero) is 2. The van der Waals surface area contributed by atoms with Crippen LogP contribution >= 0.6 is 48.8 Å². The number of carbonyl (C=O) groups excluding carboxylic acids is 4. The fourth-order valence-electron chi connectivity index (χ4n) is 13.2. The van der Waals surface area contributed by atoms with Crippen molar-refractivity contribution in [2.24, 2.45) is 5.92 Å². The summed E-state index contributed by atoms with van der Waals surface area (Å²) in [5.74, 6) is -3.17. The Bertz CT molecular complexity index is 2740. The van der Waals surface area contributed by atoms with Crippen LogP contribution in [-0.2, 0) is 95.0 Å². The molecular weight excluding hydrogens is 1550 g/mol. The molecule has 46 heteroatoms. The van der Waals surface area contributed by atoms with Gasteiger partial charge in [-0.3, -0.25) is 14.4 Å². The van der Waals surface area contributed by atoms with Crippen molar-refractivity contribution in [2.75, 3.05) is 114 Å². The van der Waals surface area contributed by atoms with Gasteiger partial charge in [-0.25, -0.2) is 4.79 Å². The molecule has 21 rings (SSSR count). The Labute approximate surface area is 644 Å². The number of aliphatic hydroxyl groups excluding tert-OH is 19. The molecule has 42 nitrogen and oxygen atoms in total. The van der Waals surface area contributed by atoms with Crippen LogP contribution in [-0.4, -0.2) is 456 Å². The second-order valence-electron chi connectivity index (χ2n) is 26.9. The predicted octanol–water partition coefficient (Wildman–Crippen LogP) is -13.3. The van der Waals surface area contributed by atoms with Gasteiger partial charge in [0, 0.05) is 60.4 Å². The molecule has 14 bridgehead atoms. The number of carbonyl (C=O) groups is 4. The maximum Gasteiger partial charge on any atom is 0.305 e. The van der Waals surface area contributed by atoms with Gasteiger partial charge in [0.25, 0.3) is 0 Å². The molecule has 14 unspecified atom stereocenters. The van der Waals surface area contributed by atoms with Gasteiger partial charge in [-0.15, -0.1) is 0 Å². The molecule has 21 saturated heterocycles. The van der Waals surface area contributed by atoms with E-state index in [1.54, 1.807) is 0 Å². The standard InChI is InChI=1S/C63H105N3O39S4/c1-23(72)3-7-90-9-10-91-8-4-25(73)13-24(55(88)65-5-11-106)19-108-21-32-53-39(79)46(86)62(97-32)102-51-30(17-70)93-59(42(82)35(51)75)101-50-29(16-69)96-61(45(85)38(50)78)105-54-33(22-109-20-26(64-2)56(89)66-6-12-107)98-63(47(87)40(54)80)103-52-31(18-71)94-58(43(83)36(52)76)99-48-27(14-67)92-57(41(81)34(48)74)100-49-28(15-68)95-60(104-53)44(84)37(49)77/h24,26-54,57-64,67-71,74-87H,1,3-22H2,2H3,(H3-,65,66,88,89,106,107)/p+1/t24-,26-,27?,28?,29?,30?,31?,32?,33?,34-,35-,36-,37-,38-,39-,40-,41?,42?,43?,44?,45?,46?,47?,48-,49-,50-,51-,52-,53-,54-,57-,58-,59+,60-,61+,62-,63+/m1/s1. The van der Waals surface area contributed by atoms with Gasteiger partial charge >= 0.3 is 5.78 Å². The van der Waals surface area contributed by atoms with E-state index in [0.717, 1.165) is 23.5 Å². The number of thioether (sulfide) groups is 2. The van der Waals surface area contributed by atoms with Crippen LogP contribution in [0.4, 0.5) is 0 Å². The van der Waals surface area contributed by atoms with E-state index < -0.39 is 283 Å². The van der Waals surface area contributed by atoms with Crippen molar-refractivity contribution in [3.05, 3.63) is 6.92 Å². The number of thiol groups is 2. The predicted molar refractivity (Wildman–Crippen MR) is 370 cm³/mol. The molecule has 0 spiro atoms. The van der Waals surface area contributed by atoms with E-state index in [-0.39, 0.29) is 87.6 Å². The Hall–Kier alpha value is -1.89. The summed E-state index contributed by atoms with van der Waals surface area (Å²) in [7, 11) is 1.50. The van der Waals surface area contributed by atoms with E-state index in [2.05, 4.69) is 48.1 Å². The smallest absolute Gasteiger partial charge is 0.305 e. The van der Waals surface area contributed by atoms with Crippen LogP contribution in [0, 0.1) is 12.8 Å². The van der Waals surface area contributed by atoms with Crippen LogP contribution in [0.2, 0.25) is 0 Å². The number of amides is 2. The second-order valence-corrected chi connectivity index (χ2v) is 30.0. The molecule has 0 aromatic rings. The number of ketones is 2. The van der Waals surface area contributed by atoms with Gasteiger partial charge in [0.15, 0.2) is 44.0 Å². The molecule has 2 amide bonds. The minimum absolute atomic E-state index is 0.0111. The average Bonchev–Trinajstić information content (AvgIpc) is 0.798. The Kier molecular flexibility index (Phi) is 37.9. The van der Waals surface area contributed by atoms with E-state index in [1.807, 2.05) is 0 Å². The average molecular weight is 1660 g/mol. The number of hydrogen-bond acceptors (Lipinski definition) is 44.